The lowest BCUT2D eigenvalue weighted by Gasteiger charge is -2.37. The number of anilines is 2. The van der Waals surface area contributed by atoms with Crippen LogP contribution in [0.2, 0.25) is 0 Å². The maximum Gasteiger partial charge on any atom is 0.411 e. The number of halogens is 3. The number of rotatable bonds is 4. The second-order valence-electron chi connectivity index (χ2n) is 8.39. The molecule has 2 aromatic carbocycles. The molecule has 34 heavy (non-hydrogen) atoms. The number of fused-ring (bicyclic) bond motifs is 2. The molecule has 0 saturated carbocycles. The third kappa shape index (κ3) is 3.96. The fourth-order valence-corrected chi connectivity index (χ4v) is 4.48. The zero-order chi connectivity index (χ0) is 24.0. The zero-order valence-electron chi connectivity index (χ0n) is 18.3. The largest absolute Gasteiger partial charge is 0.411 e. The Kier molecular flexibility index (Phi) is 5.43. The van der Waals surface area contributed by atoms with Gasteiger partial charge in [-0.15, -0.1) is 0 Å². The van der Waals surface area contributed by atoms with Crippen LogP contribution in [0.5, 0.6) is 0 Å². The molecule has 1 aromatic heterocycles. The fourth-order valence-electron chi connectivity index (χ4n) is 4.48. The number of aryl methyl sites for hydroxylation is 1. The predicted octanol–water partition coefficient (Wildman–Crippen LogP) is 3.06. The smallest absolute Gasteiger partial charge is 0.377 e. The van der Waals surface area contributed by atoms with E-state index in [-0.39, 0.29) is 19.7 Å². The Bertz CT molecular complexity index is 1270. The van der Waals surface area contributed by atoms with Crippen molar-refractivity contribution in [2.24, 2.45) is 7.05 Å². The second-order valence-corrected chi connectivity index (χ2v) is 8.39. The minimum atomic E-state index is -4.60. The lowest BCUT2D eigenvalue weighted by atomic mass is 10.1. The summed E-state index contributed by atoms with van der Waals surface area (Å²) in [5, 5.41) is 8.41. The number of benzene rings is 2. The molecule has 2 aliphatic heterocycles. The summed E-state index contributed by atoms with van der Waals surface area (Å²) in [6.07, 6.45) is -2.85. The summed E-state index contributed by atoms with van der Waals surface area (Å²) < 4.78 is 46.7. The molecule has 5 rings (SSSR count). The molecule has 0 bridgehead atoms. The molecule has 178 valence electrons. The van der Waals surface area contributed by atoms with Crippen LogP contribution in [0.3, 0.4) is 0 Å². The van der Waals surface area contributed by atoms with Crippen molar-refractivity contribution in [1.29, 1.82) is 0 Å². The van der Waals surface area contributed by atoms with Gasteiger partial charge in [0.2, 0.25) is 5.91 Å². The van der Waals surface area contributed by atoms with Gasteiger partial charge in [-0.25, -0.2) is 0 Å². The molecule has 1 atom stereocenters. The standard InChI is InChI=1S/C23H22F3N5O3/c1-29-18-6-5-16(9-15(18)10-27-29)28-17-4-2-3-14-11-30(22(33)21(14)17)12-20(32)31-7-8-34-13-19(31)23(24,25)26/h2-6,9-10,19,28H,7-8,11-13H2,1H3. The van der Waals surface area contributed by atoms with E-state index in [1.165, 1.54) is 4.90 Å². The maximum atomic E-state index is 13.3. The number of ether oxygens (including phenoxy) is 1. The molecule has 1 saturated heterocycles. The molecule has 1 N–H and O–H groups in total. The summed E-state index contributed by atoms with van der Waals surface area (Å²) in [6.45, 7) is -1.01. The summed E-state index contributed by atoms with van der Waals surface area (Å²) in [4.78, 5) is 28.0. The number of carbonyl (C=O) groups is 2. The van der Waals surface area contributed by atoms with Crippen molar-refractivity contribution in [2.45, 2.75) is 18.8 Å². The normalized spacial score (nSPS) is 18.5. The van der Waals surface area contributed by atoms with Gasteiger partial charge in [0, 0.05) is 31.2 Å². The topological polar surface area (TPSA) is 79.7 Å². The van der Waals surface area contributed by atoms with E-state index in [0.29, 0.717) is 16.8 Å². The number of aromatic nitrogens is 2. The lowest BCUT2D eigenvalue weighted by molar-refractivity contribution is -0.213. The summed E-state index contributed by atoms with van der Waals surface area (Å²) in [6, 6.07) is 9.04. The van der Waals surface area contributed by atoms with Crippen LogP contribution in [0.25, 0.3) is 10.9 Å². The van der Waals surface area contributed by atoms with Gasteiger partial charge in [0.25, 0.3) is 5.91 Å². The predicted molar refractivity (Wildman–Crippen MR) is 118 cm³/mol. The van der Waals surface area contributed by atoms with Crippen molar-refractivity contribution in [3.05, 3.63) is 53.7 Å². The van der Waals surface area contributed by atoms with E-state index in [1.807, 2.05) is 25.2 Å². The number of nitrogens with one attached hydrogen (secondary N) is 1. The highest BCUT2D eigenvalue weighted by atomic mass is 19.4. The third-order valence-corrected chi connectivity index (χ3v) is 6.19. The van der Waals surface area contributed by atoms with Crippen LogP contribution >= 0.6 is 0 Å². The van der Waals surface area contributed by atoms with Gasteiger partial charge in [-0.1, -0.05) is 12.1 Å². The van der Waals surface area contributed by atoms with E-state index in [1.54, 1.807) is 29.1 Å². The molecular weight excluding hydrogens is 451 g/mol. The summed E-state index contributed by atoms with van der Waals surface area (Å²) >= 11 is 0. The Balaban J connectivity index is 1.34. The first-order valence-electron chi connectivity index (χ1n) is 10.8. The first-order valence-corrected chi connectivity index (χ1v) is 10.8. The SMILES string of the molecule is Cn1ncc2cc(Nc3cccc4c3C(=O)N(CC(=O)N3CCOCC3C(F)(F)F)C4)ccc21. The zero-order valence-corrected chi connectivity index (χ0v) is 18.3. The van der Waals surface area contributed by atoms with Gasteiger partial charge in [-0.2, -0.15) is 18.3 Å². The van der Waals surface area contributed by atoms with Gasteiger partial charge in [-0.05, 0) is 29.8 Å². The Labute approximate surface area is 192 Å². The summed E-state index contributed by atoms with van der Waals surface area (Å²) in [5.74, 6) is -1.14. The molecule has 0 spiro atoms. The Morgan fingerprint density at radius 1 is 1.26 bits per heavy atom. The number of hydrogen-bond acceptors (Lipinski definition) is 5. The number of morpholine rings is 1. The Hall–Kier alpha value is -3.60. The molecule has 0 aliphatic carbocycles. The monoisotopic (exact) mass is 473 g/mol. The lowest BCUT2D eigenvalue weighted by Crippen LogP contribution is -2.57. The maximum absolute atomic E-state index is 13.3. The Morgan fingerprint density at radius 2 is 2.09 bits per heavy atom. The molecule has 3 heterocycles. The molecule has 8 nitrogen and oxygen atoms in total. The second kappa shape index (κ2) is 8.32. The van der Waals surface area contributed by atoms with Gasteiger partial charge in [0.05, 0.1) is 36.2 Å². The van der Waals surface area contributed by atoms with Crippen molar-refractivity contribution < 1.29 is 27.5 Å². The number of nitrogens with zero attached hydrogens (tertiary/aromatic N) is 4. The molecule has 2 amide bonds. The van der Waals surface area contributed by atoms with Gasteiger partial charge < -0.3 is 19.9 Å². The van der Waals surface area contributed by atoms with E-state index in [0.717, 1.165) is 21.5 Å². The molecule has 2 aliphatic rings. The molecule has 1 fully saturated rings. The van der Waals surface area contributed by atoms with E-state index < -0.39 is 37.2 Å². The first-order chi connectivity index (χ1) is 16.2. The van der Waals surface area contributed by atoms with E-state index in [9.17, 15) is 22.8 Å². The van der Waals surface area contributed by atoms with Crippen molar-refractivity contribution in [1.82, 2.24) is 19.6 Å². The van der Waals surface area contributed by atoms with Crippen LogP contribution in [-0.2, 0) is 23.1 Å². The van der Waals surface area contributed by atoms with Crippen LogP contribution < -0.4 is 5.32 Å². The highest BCUT2D eigenvalue weighted by molar-refractivity contribution is 6.05. The molecule has 3 aromatic rings. The number of amides is 2. The quantitative estimate of drug-likeness (QED) is 0.630. The van der Waals surface area contributed by atoms with Crippen molar-refractivity contribution in [2.75, 3.05) is 31.6 Å². The van der Waals surface area contributed by atoms with E-state index >= 15 is 0 Å². The minimum Gasteiger partial charge on any atom is -0.377 e. The fraction of sp³-hybridized carbons (Fsp3) is 0.348. The number of carbonyl (C=O) groups excluding carboxylic acids is 2. The average molecular weight is 473 g/mol. The van der Waals surface area contributed by atoms with E-state index in [2.05, 4.69) is 10.4 Å². The van der Waals surface area contributed by atoms with Gasteiger partial charge in [0.1, 0.15) is 6.54 Å². The molecule has 11 heteroatoms. The summed E-state index contributed by atoms with van der Waals surface area (Å²) in [5.41, 5.74) is 3.42. The third-order valence-electron chi connectivity index (χ3n) is 6.19. The van der Waals surface area contributed by atoms with Crippen molar-refractivity contribution in [3.63, 3.8) is 0 Å². The average Bonchev–Trinajstić information content (AvgIpc) is 3.33. The van der Waals surface area contributed by atoms with Crippen molar-refractivity contribution >= 4 is 34.1 Å². The van der Waals surface area contributed by atoms with Gasteiger partial charge in [0.15, 0.2) is 6.04 Å². The van der Waals surface area contributed by atoms with Crippen molar-refractivity contribution in [3.8, 4) is 0 Å². The van der Waals surface area contributed by atoms with Crippen LogP contribution in [-0.4, -0.2) is 69.9 Å². The summed E-state index contributed by atoms with van der Waals surface area (Å²) in [7, 11) is 1.85. The van der Waals surface area contributed by atoms with Gasteiger partial charge in [-0.3, -0.25) is 14.3 Å². The molecule has 1 unspecified atom stereocenters. The van der Waals surface area contributed by atoms with E-state index in [4.69, 9.17) is 4.74 Å². The van der Waals surface area contributed by atoms with Crippen LogP contribution in [0.4, 0.5) is 24.5 Å². The Morgan fingerprint density at radius 3 is 2.88 bits per heavy atom. The molecular formula is C23H22F3N5O3. The first kappa shape index (κ1) is 22.2. The highest BCUT2D eigenvalue weighted by Crippen LogP contribution is 2.33. The van der Waals surface area contributed by atoms with Gasteiger partial charge >= 0.3 is 6.18 Å². The van der Waals surface area contributed by atoms with Crippen LogP contribution in [0.15, 0.2) is 42.6 Å². The number of hydrogen-bond donors (Lipinski definition) is 1. The highest BCUT2D eigenvalue weighted by Gasteiger charge is 2.47. The van der Waals surface area contributed by atoms with Crippen LogP contribution in [0.1, 0.15) is 15.9 Å². The minimum absolute atomic E-state index is 0.0296. The molecule has 0 radical (unpaired) electrons. The number of alkyl halides is 3. The van der Waals surface area contributed by atoms with Crippen LogP contribution in [0, 0.1) is 0 Å².